The number of aromatic nitrogens is 2. The van der Waals surface area contributed by atoms with Gasteiger partial charge in [0.1, 0.15) is 17.5 Å². The maximum absolute atomic E-state index is 15.0. The number of aliphatic hydroxyl groups excluding tert-OH is 1. The number of hydrogen-bond acceptors (Lipinski definition) is 7. The van der Waals surface area contributed by atoms with Crippen LogP contribution in [0.2, 0.25) is 0 Å². The third kappa shape index (κ3) is 5.81. The average molecular weight is 609 g/mol. The molecule has 8 nitrogen and oxygen atoms in total. The van der Waals surface area contributed by atoms with Crippen LogP contribution in [-0.4, -0.2) is 53.9 Å². The maximum atomic E-state index is 15.0. The second-order valence-electron chi connectivity index (χ2n) is 9.73. The predicted octanol–water partition coefficient (Wildman–Crippen LogP) is 6.21. The molecule has 0 amide bonds. The van der Waals surface area contributed by atoms with Crippen molar-refractivity contribution in [2.75, 3.05) is 6.61 Å². The van der Waals surface area contributed by atoms with Crippen molar-refractivity contribution in [3.8, 4) is 34.0 Å². The summed E-state index contributed by atoms with van der Waals surface area (Å²) in [5, 5.41) is 10.0. The second kappa shape index (κ2) is 11.5. The fraction of sp³-hybridized carbons (Fsp3) is 0.345. The number of ether oxygens (including phenoxy) is 2. The van der Waals surface area contributed by atoms with Crippen LogP contribution in [0.5, 0.6) is 11.6 Å². The number of nitrogens with zero attached hydrogens (tertiary/aromatic N) is 1. The minimum absolute atomic E-state index is 0.0522. The Morgan fingerprint density at radius 3 is 2.24 bits per heavy atom. The van der Waals surface area contributed by atoms with E-state index in [0.29, 0.717) is 40.2 Å². The van der Waals surface area contributed by atoms with Gasteiger partial charge in [-0.2, -0.15) is 21.6 Å². The van der Waals surface area contributed by atoms with Crippen molar-refractivity contribution in [2.24, 2.45) is 5.92 Å². The molecule has 1 aliphatic carbocycles. The fourth-order valence-corrected chi connectivity index (χ4v) is 5.65. The summed E-state index contributed by atoms with van der Waals surface area (Å²) >= 11 is 0. The molecule has 0 spiro atoms. The lowest BCUT2D eigenvalue weighted by molar-refractivity contribution is -0.0500. The highest BCUT2D eigenvalue weighted by molar-refractivity contribution is 7.88. The van der Waals surface area contributed by atoms with E-state index in [-0.39, 0.29) is 23.8 Å². The van der Waals surface area contributed by atoms with Crippen molar-refractivity contribution < 1.29 is 44.7 Å². The molecule has 2 fully saturated rings. The van der Waals surface area contributed by atoms with Gasteiger partial charge in [-0.1, -0.05) is 50.2 Å². The maximum Gasteiger partial charge on any atom is 0.534 e. The van der Waals surface area contributed by atoms with Crippen LogP contribution in [0.1, 0.15) is 26.7 Å². The highest BCUT2D eigenvalue weighted by Crippen LogP contribution is 2.39. The van der Waals surface area contributed by atoms with Gasteiger partial charge in [0, 0.05) is 23.6 Å². The van der Waals surface area contributed by atoms with Gasteiger partial charge in [0.2, 0.25) is 0 Å². The quantitative estimate of drug-likeness (QED) is 0.152. The lowest BCUT2D eigenvalue weighted by Gasteiger charge is -2.18. The lowest BCUT2D eigenvalue weighted by Crippen LogP contribution is -2.30. The van der Waals surface area contributed by atoms with Crippen LogP contribution < -0.4 is 8.92 Å². The van der Waals surface area contributed by atoms with Gasteiger partial charge < -0.3 is 23.7 Å². The van der Waals surface area contributed by atoms with Crippen molar-refractivity contribution in [3.63, 3.8) is 0 Å². The number of hydrogen-bond donors (Lipinski definition) is 2. The molecule has 2 aromatic carbocycles. The van der Waals surface area contributed by atoms with Gasteiger partial charge in [-0.3, -0.25) is 0 Å². The van der Waals surface area contributed by atoms with Crippen molar-refractivity contribution in [2.45, 2.75) is 50.5 Å². The molecule has 2 aliphatic rings. The van der Waals surface area contributed by atoms with Crippen LogP contribution in [0.3, 0.4) is 0 Å². The number of H-pyrrole nitrogens is 1. The second-order valence-corrected chi connectivity index (χ2v) is 11.3. The zero-order valence-electron chi connectivity index (χ0n) is 22.6. The molecule has 4 aromatic rings. The van der Waals surface area contributed by atoms with E-state index < -0.39 is 33.3 Å². The number of fused-ring (bicyclic) bond motifs is 2. The van der Waals surface area contributed by atoms with Gasteiger partial charge in [-0.15, -0.1) is 0 Å². The topological polar surface area (TPSA) is 111 Å². The number of nitrogens with one attached hydrogen (secondary N) is 1. The van der Waals surface area contributed by atoms with Gasteiger partial charge in [-0.25, -0.2) is 9.37 Å². The molecule has 2 aromatic heterocycles. The van der Waals surface area contributed by atoms with Gasteiger partial charge in [0.05, 0.1) is 29.8 Å². The lowest BCUT2D eigenvalue weighted by atomic mass is 10.0. The van der Waals surface area contributed by atoms with Gasteiger partial charge in [0.15, 0.2) is 11.7 Å². The predicted molar refractivity (Wildman–Crippen MR) is 147 cm³/mol. The highest BCUT2D eigenvalue weighted by atomic mass is 32.2. The van der Waals surface area contributed by atoms with E-state index >= 15 is 4.39 Å². The normalized spacial score (nSPS) is 22.0. The van der Waals surface area contributed by atoms with Crippen molar-refractivity contribution in [1.82, 2.24) is 9.97 Å². The van der Waals surface area contributed by atoms with Crippen molar-refractivity contribution >= 4 is 21.2 Å². The molecule has 0 bridgehead atoms. The summed E-state index contributed by atoms with van der Waals surface area (Å²) in [6.07, 6.45) is 0.658. The van der Waals surface area contributed by atoms with E-state index in [9.17, 15) is 26.7 Å². The first-order valence-electron chi connectivity index (χ1n) is 13.4. The number of alkyl halides is 3. The molecule has 13 heteroatoms. The molecule has 42 heavy (non-hydrogen) atoms. The summed E-state index contributed by atoms with van der Waals surface area (Å²) in [5.74, 6) is -0.547. The molecule has 4 atom stereocenters. The molecule has 1 saturated heterocycles. The number of benzene rings is 2. The largest absolute Gasteiger partial charge is 0.534 e. The van der Waals surface area contributed by atoms with Crippen LogP contribution in [0.25, 0.3) is 33.4 Å². The number of aromatic amines is 1. The minimum atomic E-state index is -5.76. The number of halogens is 4. The molecule has 3 heterocycles. The summed E-state index contributed by atoms with van der Waals surface area (Å²) in [7, 11) is -5.76. The Hall–Kier alpha value is -3.68. The Kier molecular flexibility index (Phi) is 8.19. The third-order valence-corrected chi connectivity index (χ3v) is 8.15. The smallest absolute Gasteiger partial charge is 0.473 e. The number of pyridine rings is 1. The Labute approximate surface area is 239 Å². The first-order valence-corrected chi connectivity index (χ1v) is 14.8. The summed E-state index contributed by atoms with van der Waals surface area (Å²) in [6, 6.07) is 14.7. The molecule has 1 unspecified atom stereocenters. The minimum Gasteiger partial charge on any atom is -0.473 e. The van der Waals surface area contributed by atoms with Crippen LogP contribution in [0, 0.1) is 11.7 Å². The first kappa shape index (κ1) is 29.8. The van der Waals surface area contributed by atoms with E-state index in [1.807, 2.05) is 13.8 Å². The highest BCUT2D eigenvalue weighted by Gasteiger charge is 2.49. The van der Waals surface area contributed by atoms with Crippen LogP contribution in [-0.2, 0) is 14.9 Å². The third-order valence-electron chi connectivity index (χ3n) is 7.17. The van der Waals surface area contributed by atoms with E-state index in [0.717, 1.165) is 25.0 Å². The van der Waals surface area contributed by atoms with Crippen molar-refractivity contribution in [3.05, 3.63) is 66.5 Å². The Balaban J connectivity index is 0.00000173. The number of rotatable bonds is 6. The molecule has 1 aliphatic heterocycles. The average Bonchev–Trinajstić information content (AvgIpc) is 3.65. The summed E-state index contributed by atoms with van der Waals surface area (Å²) in [6.45, 7) is 4.29. The Morgan fingerprint density at radius 2 is 1.60 bits per heavy atom. The molecular weight excluding hydrogens is 580 g/mol. The van der Waals surface area contributed by atoms with Gasteiger partial charge >= 0.3 is 15.6 Å². The zero-order chi connectivity index (χ0) is 30.2. The molecule has 6 rings (SSSR count). The van der Waals surface area contributed by atoms with E-state index in [1.165, 1.54) is 18.2 Å². The molecule has 2 N–H and O–H groups in total. The summed E-state index contributed by atoms with van der Waals surface area (Å²) in [4.78, 5) is 7.50. The first-order chi connectivity index (χ1) is 20.0. The van der Waals surface area contributed by atoms with E-state index in [1.54, 1.807) is 30.3 Å². The van der Waals surface area contributed by atoms with Crippen LogP contribution >= 0.6 is 0 Å². The summed E-state index contributed by atoms with van der Waals surface area (Å²) in [5.41, 5.74) is -2.72. The van der Waals surface area contributed by atoms with Crippen LogP contribution in [0.4, 0.5) is 17.6 Å². The standard InChI is InChI=1S/C27H22F4N2O6S.C2H6/c28-19-11-20-21(12-24(32-20)38-23-10-9-18-22(34)13-37-26(18)23)33-25(19)16-3-1-14(2-4-16)15-5-7-17(8-6-15)39-40(35,36)27(29,30)31;1-2/h1-8,11-12,18,22-23,26,32,34H,9-10,13H2;1-2H3/t18?,22-,23-,26+;/m1./s1. The monoisotopic (exact) mass is 608 g/mol. The Morgan fingerprint density at radius 1 is 0.976 bits per heavy atom. The Bertz CT molecular complexity index is 1660. The molecule has 0 radical (unpaired) electrons. The van der Waals surface area contributed by atoms with E-state index in [4.69, 9.17) is 9.47 Å². The molecular formula is C29H28F4N2O6S. The summed E-state index contributed by atoms with van der Waals surface area (Å²) < 4.78 is 90.8. The molecule has 224 valence electrons. The fourth-order valence-electron chi connectivity index (χ4n) is 5.20. The molecule has 1 saturated carbocycles. The SMILES string of the molecule is CC.O=S(=O)(Oc1ccc(-c2ccc(-c3nc4cc(O[C@@H]5CCC6[C@H](O)CO[C@@H]65)[nH]c4cc3F)cc2)cc1)C(F)(F)F. The van der Waals surface area contributed by atoms with Gasteiger partial charge in [0.25, 0.3) is 0 Å². The van der Waals surface area contributed by atoms with Crippen molar-refractivity contribution in [1.29, 1.82) is 0 Å². The van der Waals surface area contributed by atoms with Gasteiger partial charge in [-0.05, 0) is 36.1 Å². The zero-order valence-corrected chi connectivity index (χ0v) is 23.4. The van der Waals surface area contributed by atoms with Crippen LogP contribution in [0.15, 0.2) is 60.7 Å². The number of aliphatic hydroxyl groups is 1. The van der Waals surface area contributed by atoms with E-state index in [2.05, 4.69) is 14.2 Å².